The summed E-state index contributed by atoms with van der Waals surface area (Å²) in [5.74, 6) is -0.298. The minimum atomic E-state index is -1.01. The number of nitrogens with zero attached hydrogens (tertiary/aromatic N) is 1. The third kappa shape index (κ3) is 2.40. The third-order valence-electron chi connectivity index (χ3n) is 4.33. The van der Waals surface area contributed by atoms with Gasteiger partial charge in [0.1, 0.15) is 5.76 Å². The number of hydrogen-bond donors (Lipinski definition) is 2. The van der Waals surface area contributed by atoms with E-state index in [9.17, 15) is 4.79 Å². The van der Waals surface area contributed by atoms with Crippen LogP contribution in [-0.4, -0.2) is 41.1 Å². The van der Waals surface area contributed by atoms with E-state index in [1.807, 2.05) is 6.92 Å². The minimum absolute atomic E-state index is 0.0116. The molecule has 0 amide bonds. The zero-order valence-corrected chi connectivity index (χ0v) is 11.1. The molecule has 0 radical (unpaired) electrons. The molecule has 0 saturated carbocycles. The molecule has 104 valence electrons. The van der Waals surface area contributed by atoms with Crippen molar-refractivity contribution in [1.29, 1.82) is 0 Å². The summed E-state index contributed by atoms with van der Waals surface area (Å²) in [4.78, 5) is 13.4. The van der Waals surface area contributed by atoms with Gasteiger partial charge in [0.2, 0.25) is 5.76 Å². The molecule has 0 spiro atoms. The second kappa shape index (κ2) is 4.98. The van der Waals surface area contributed by atoms with Gasteiger partial charge in [-0.3, -0.25) is 4.90 Å². The molecule has 2 fully saturated rings. The van der Waals surface area contributed by atoms with Crippen LogP contribution in [0.5, 0.6) is 0 Å². The first kappa shape index (κ1) is 12.7. The lowest BCUT2D eigenvalue weighted by atomic mass is 10.1. The fourth-order valence-corrected chi connectivity index (χ4v) is 3.38. The van der Waals surface area contributed by atoms with Gasteiger partial charge in [0, 0.05) is 18.6 Å². The van der Waals surface area contributed by atoms with Gasteiger partial charge in [-0.15, -0.1) is 0 Å². The van der Waals surface area contributed by atoms with Crippen LogP contribution < -0.4 is 5.32 Å². The number of carboxylic acid groups (broad SMARTS) is 1. The molecule has 0 aliphatic carbocycles. The smallest absolute Gasteiger partial charge is 0.371 e. The van der Waals surface area contributed by atoms with Gasteiger partial charge in [0.05, 0.1) is 6.04 Å². The summed E-state index contributed by atoms with van der Waals surface area (Å²) in [6.07, 6.45) is 3.73. The molecular weight excluding hydrogens is 244 g/mol. The predicted octanol–water partition coefficient (Wildman–Crippen LogP) is 1.87. The Labute approximate surface area is 112 Å². The zero-order valence-electron chi connectivity index (χ0n) is 11.1. The second-order valence-electron chi connectivity index (χ2n) is 5.54. The Balaban J connectivity index is 1.64. The van der Waals surface area contributed by atoms with Gasteiger partial charge >= 0.3 is 5.97 Å². The van der Waals surface area contributed by atoms with Gasteiger partial charge in [0.15, 0.2) is 0 Å². The molecular formula is C14H20N2O3. The Morgan fingerprint density at radius 3 is 3.05 bits per heavy atom. The van der Waals surface area contributed by atoms with Gasteiger partial charge in [-0.1, -0.05) is 0 Å². The number of carbonyl (C=O) groups is 1. The molecule has 3 atom stereocenters. The summed E-state index contributed by atoms with van der Waals surface area (Å²) in [6, 6.07) is 4.47. The molecule has 1 aromatic heterocycles. The van der Waals surface area contributed by atoms with Crippen molar-refractivity contribution in [2.24, 2.45) is 0 Å². The van der Waals surface area contributed by atoms with Gasteiger partial charge in [-0.25, -0.2) is 4.79 Å². The molecule has 2 saturated heterocycles. The Morgan fingerprint density at radius 2 is 2.32 bits per heavy atom. The number of fused-ring (bicyclic) bond motifs is 1. The van der Waals surface area contributed by atoms with E-state index >= 15 is 0 Å². The van der Waals surface area contributed by atoms with E-state index in [0.29, 0.717) is 17.8 Å². The molecule has 2 N–H and O–H groups in total. The molecule has 0 aromatic carbocycles. The van der Waals surface area contributed by atoms with Crippen LogP contribution >= 0.6 is 0 Å². The minimum Gasteiger partial charge on any atom is -0.475 e. The first-order valence-electron chi connectivity index (χ1n) is 6.98. The Kier molecular flexibility index (Phi) is 3.33. The summed E-state index contributed by atoms with van der Waals surface area (Å²) in [6.45, 7) is 4.43. The van der Waals surface area contributed by atoms with Crippen LogP contribution in [0.15, 0.2) is 16.5 Å². The maximum absolute atomic E-state index is 10.8. The molecule has 2 aliphatic rings. The fraction of sp³-hybridized carbons (Fsp3) is 0.643. The lowest BCUT2D eigenvalue weighted by Gasteiger charge is -2.24. The van der Waals surface area contributed by atoms with E-state index in [0.717, 1.165) is 0 Å². The van der Waals surface area contributed by atoms with E-state index in [1.54, 1.807) is 6.07 Å². The van der Waals surface area contributed by atoms with Crippen LogP contribution in [0.1, 0.15) is 48.5 Å². The fourth-order valence-electron chi connectivity index (χ4n) is 3.38. The standard InChI is InChI=1S/C14H20N2O3/c1-9(12-4-5-13(19-12)14(17)18)15-10-6-8-16-7-2-3-11(10)16/h4-5,9-11,15H,2-3,6-8H2,1H3,(H,17,18). The Bertz CT molecular complexity index is 471. The number of carboxylic acids is 1. The van der Waals surface area contributed by atoms with Gasteiger partial charge < -0.3 is 14.8 Å². The third-order valence-corrected chi connectivity index (χ3v) is 4.33. The Morgan fingerprint density at radius 1 is 1.47 bits per heavy atom. The number of nitrogens with one attached hydrogen (secondary N) is 1. The summed E-state index contributed by atoms with van der Waals surface area (Å²) in [5.41, 5.74) is 0. The van der Waals surface area contributed by atoms with E-state index < -0.39 is 5.97 Å². The van der Waals surface area contributed by atoms with E-state index in [-0.39, 0.29) is 11.8 Å². The lowest BCUT2D eigenvalue weighted by molar-refractivity contribution is 0.0659. The van der Waals surface area contributed by atoms with Crippen LogP contribution in [0.4, 0.5) is 0 Å². The van der Waals surface area contributed by atoms with Crippen molar-refractivity contribution >= 4 is 5.97 Å². The van der Waals surface area contributed by atoms with Crippen molar-refractivity contribution < 1.29 is 14.3 Å². The van der Waals surface area contributed by atoms with Crippen LogP contribution in [-0.2, 0) is 0 Å². The number of furan rings is 1. The molecule has 3 heterocycles. The highest BCUT2D eigenvalue weighted by Crippen LogP contribution is 2.29. The van der Waals surface area contributed by atoms with E-state index in [4.69, 9.17) is 9.52 Å². The first-order chi connectivity index (χ1) is 9.15. The molecule has 2 aliphatic heterocycles. The molecule has 0 bridgehead atoms. The average molecular weight is 264 g/mol. The van der Waals surface area contributed by atoms with E-state index in [1.165, 1.54) is 38.4 Å². The van der Waals surface area contributed by atoms with Gasteiger partial charge in [-0.05, 0) is 44.9 Å². The molecule has 5 heteroatoms. The predicted molar refractivity (Wildman–Crippen MR) is 70.2 cm³/mol. The quantitative estimate of drug-likeness (QED) is 0.869. The zero-order chi connectivity index (χ0) is 13.4. The second-order valence-corrected chi connectivity index (χ2v) is 5.54. The highest BCUT2D eigenvalue weighted by atomic mass is 16.4. The molecule has 5 nitrogen and oxygen atoms in total. The van der Waals surface area contributed by atoms with E-state index in [2.05, 4.69) is 10.2 Å². The van der Waals surface area contributed by atoms with Crippen molar-refractivity contribution in [3.8, 4) is 0 Å². The highest BCUT2D eigenvalue weighted by molar-refractivity contribution is 5.84. The van der Waals surface area contributed by atoms with Crippen LogP contribution in [0.25, 0.3) is 0 Å². The maximum atomic E-state index is 10.8. The summed E-state index contributed by atoms with van der Waals surface area (Å²) < 4.78 is 5.35. The molecule has 3 rings (SSSR count). The summed E-state index contributed by atoms with van der Waals surface area (Å²) >= 11 is 0. The van der Waals surface area contributed by atoms with Crippen LogP contribution in [0, 0.1) is 0 Å². The molecule has 19 heavy (non-hydrogen) atoms. The van der Waals surface area contributed by atoms with Crippen LogP contribution in [0.3, 0.4) is 0 Å². The van der Waals surface area contributed by atoms with Crippen molar-refractivity contribution in [3.05, 3.63) is 23.7 Å². The lowest BCUT2D eigenvalue weighted by Crippen LogP contribution is -2.40. The van der Waals surface area contributed by atoms with Crippen molar-refractivity contribution in [2.45, 2.75) is 44.3 Å². The first-order valence-corrected chi connectivity index (χ1v) is 6.98. The Hall–Kier alpha value is -1.33. The largest absolute Gasteiger partial charge is 0.475 e. The van der Waals surface area contributed by atoms with Crippen LogP contribution in [0.2, 0.25) is 0 Å². The maximum Gasteiger partial charge on any atom is 0.371 e. The summed E-state index contributed by atoms with van der Waals surface area (Å²) in [7, 11) is 0. The molecule has 3 unspecified atom stereocenters. The number of aromatic carboxylic acids is 1. The monoisotopic (exact) mass is 264 g/mol. The normalized spacial score (nSPS) is 28.5. The van der Waals surface area contributed by atoms with Gasteiger partial charge in [0.25, 0.3) is 0 Å². The van der Waals surface area contributed by atoms with Gasteiger partial charge in [-0.2, -0.15) is 0 Å². The summed E-state index contributed by atoms with van der Waals surface area (Å²) in [5, 5.41) is 12.5. The SMILES string of the molecule is CC(NC1CCN2CCCC12)c1ccc(C(=O)O)o1. The van der Waals surface area contributed by atoms with Crippen molar-refractivity contribution in [2.75, 3.05) is 13.1 Å². The molecule has 1 aromatic rings. The van der Waals surface area contributed by atoms with Crippen molar-refractivity contribution in [1.82, 2.24) is 10.2 Å². The topological polar surface area (TPSA) is 65.7 Å². The van der Waals surface area contributed by atoms with Crippen molar-refractivity contribution in [3.63, 3.8) is 0 Å². The number of hydrogen-bond acceptors (Lipinski definition) is 4. The highest BCUT2D eigenvalue weighted by Gasteiger charge is 2.37. The number of rotatable bonds is 4. The average Bonchev–Trinajstić information content (AvgIpc) is 3.05.